The van der Waals surface area contributed by atoms with Gasteiger partial charge in [-0.1, -0.05) is 0 Å². The Hall–Kier alpha value is -1.67. The van der Waals surface area contributed by atoms with Crippen molar-refractivity contribution in [2.75, 3.05) is 25.1 Å². The van der Waals surface area contributed by atoms with Gasteiger partial charge in [-0.05, 0) is 6.92 Å². The first-order chi connectivity index (χ1) is 10.1. The van der Waals surface area contributed by atoms with Crippen LogP contribution in [-0.4, -0.2) is 47.1 Å². The van der Waals surface area contributed by atoms with Gasteiger partial charge in [-0.15, -0.1) is 11.3 Å². The average Bonchev–Trinajstić information content (AvgIpc) is 3.00. The molecule has 2 N–H and O–H groups in total. The predicted molar refractivity (Wildman–Crippen MR) is 78.1 cm³/mol. The van der Waals surface area contributed by atoms with Crippen molar-refractivity contribution in [2.45, 2.75) is 31.8 Å². The summed E-state index contributed by atoms with van der Waals surface area (Å²) in [5, 5.41) is 6.77. The Labute approximate surface area is 126 Å². The first-order valence-electron chi connectivity index (χ1n) is 7.05. The van der Waals surface area contributed by atoms with Crippen molar-refractivity contribution in [3.63, 3.8) is 0 Å². The molecule has 0 atom stereocenters. The van der Waals surface area contributed by atoms with E-state index in [2.05, 4.69) is 15.6 Å². The van der Waals surface area contributed by atoms with E-state index in [9.17, 15) is 9.59 Å². The predicted octanol–water partition coefficient (Wildman–Crippen LogP) is 1.18. The SMILES string of the molecule is CCNc1ncc(CN2C(=O)NC3(CCOCC3)C2=O)s1. The fraction of sp³-hybridized carbons (Fsp3) is 0.615. The van der Waals surface area contributed by atoms with Crippen LogP contribution >= 0.6 is 11.3 Å². The van der Waals surface area contributed by atoms with E-state index in [1.807, 2.05) is 6.92 Å². The number of nitrogens with zero attached hydrogens (tertiary/aromatic N) is 2. The molecule has 2 fully saturated rings. The molecule has 3 amide bonds. The Bertz CT molecular complexity index is 553. The van der Waals surface area contributed by atoms with Crippen LogP contribution in [0, 0.1) is 0 Å². The Morgan fingerprint density at radius 2 is 2.24 bits per heavy atom. The van der Waals surface area contributed by atoms with E-state index in [1.54, 1.807) is 6.20 Å². The summed E-state index contributed by atoms with van der Waals surface area (Å²) in [7, 11) is 0. The second-order valence-corrected chi connectivity index (χ2v) is 6.29. The monoisotopic (exact) mass is 310 g/mol. The van der Waals surface area contributed by atoms with Gasteiger partial charge in [0.2, 0.25) is 0 Å². The molecule has 7 nitrogen and oxygen atoms in total. The molecule has 2 aliphatic heterocycles. The third-order valence-corrected chi connectivity index (χ3v) is 4.73. The molecule has 114 valence electrons. The summed E-state index contributed by atoms with van der Waals surface area (Å²) in [6, 6.07) is -0.319. The molecule has 0 bridgehead atoms. The van der Waals surface area contributed by atoms with Gasteiger partial charge in [0.05, 0.1) is 6.54 Å². The van der Waals surface area contributed by atoms with Crippen molar-refractivity contribution in [2.24, 2.45) is 0 Å². The van der Waals surface area contributed by atoms with Crippen LogP contribution in [-0.2, 0) is 16.1 Å². The molecule has 0 unspecified atom stereocenters. The molecule has 0 aromatic carbocycles. The van der Waals surface area contributed by atoms with Crippen LogP contribution in [0.4, 0.5) is 9.93 Å². The third kappa shape index (κ3) is 2.60. The number of hydrogen-bond donors (Lipinski definition) is 2. The summed E-state index contributed by atoms with van der Waals surface area (Å²) in [6.45, 7) is 4.07. The zero-order valence-corrected chi connectivity index (χ0v) is 12.7. The van der Waals surface area contributed by atoms with Crippen molar-refractivity contribution in [3.8, 4) is 0 Å². The van der Waals surface area contributed by atoms with Gasteiger partial charge in [-0.2, -0.15) is 0 Å². The maximum absolute atomic E-state index is 12.6. The lowest BCUT2D eigenvalue weighted by atomic mass is 9.90. The molecule has 2 aliphatic rings. The number of carbonyl (C=O) groups is 2. The van der Waals surface area contributed by atoms with E-state index in [4.69, 9.17) is 4.74 Å². The van der Waals surface area contributed by atoms with Gasteiger partial charge in [-0.3, -0.25) is 9.69 Å². The Morgan fingerprint density at radius 3 is 2.95 bits per heavy atom. The smallest absolute Gasteiger partial charge is 0.325 e. The van der Waals surface area contributed by atoms with E-state index in [0.29, 0.717) is 26.1 Å². The molecule has 0 aliphatic carbocycles. The molecule has 0 radical (unpaired) electrons. The first-order valence-corrected chi connectivity index (χ1v) is 7.87. The van der Waals surface area contributed by atoms with Crippen LogP contribution in [0.1, 0.15) is 24.6 Å². The van der Waals surface area contributed by atoms with Gasteiger partial charge in [0.1, 0.15) is 5.54 Å². The van der Waals surface area contributed by atoms with Crippen LogP contribution in [0.3, 0.4) is 0 Å². The van der Waals surface area contributed by atoms with Gasteiger partial charge in [0.15, 0.2) is 5.13 Å². The number of rotatable bonds is 4. The maximum atomic E-state index is 12.6. The summed E-state index contributed by atoms with van der Waals surface area (Å²) in [5.41, 5.74) is -0.759. The summed E-state index contributed by atoms with van der Waals surface area (Å²) >= 11 is 1.46. The number of amides is 3. The summed E-state index contributed by atoms with van der Waals surface area (Å²) < 4.78 is 5.29. The van der Waals surface area contributed by atoms with E-state index in [-0.39, 0.29) is 18.5 Å². The van der Waals surface area contributed by atoms with Crippen LogP contribution in [0.15, 0.2) is 6.20 Å². The average molecular weight is 310 g/mol. The minimum absolute atomic E-state index is 0.144. The van der Waals surface area contributed by atoms with Crippen molar-refractivity contribution < 1.29 is 14.3 Å². The minimum Gasteiger partial charge on any atom is -0.381 e. The van der Waals surface area contributed by atoms with Gasteiger partial charge in [0, 0.05) is 43.7 Å². The highest BCUT2D eigenvalue weighted by Gasteiger charge is 2.51. The number of nitrogens with one attached hydrogen (secondary N) is 2. The Morgan fingerprint density at radius 1 is 1.48 bits per heavy atom. The topological polar surface area (TPSA) is 83.6 Å². The number of anilines is 1. The molecule has 1 aromatic rings. The number of ether oxygens (including phenoxy) is 1. The van der Waals surface area contributed by atoms with E-state index < -0.39 is 5.54 Å². The van der Waals surface area contributed by atoms with Crippen molar-refractivity contribution in [1.82, 2.24) is 15.2 Å². The molecule has 3 rings (SSSR count). The van der Waals surface area contributed by atoms with E-state index >= 15 is 0 Å². The molecule has 1 aromatic heterocycles. The molecule has 8 heteroatoms. The minimum atomic E-state index is -0.759. The number of thiazole rings is 1. The standard InChI is InChI=1S/C13H18N4O3S/c1-2-14-11-15-7-9(21-11)8-17-10(18)13(16-12(17)19)3-5-20-6-4-13/h7H,2-6,8H2,1H3,(H,14,15)(H,16,19). The number of hydrogen-bond acceptors (Lipinski definition) is 6. The van der Waals surface area contributed by atoms with Crippen molar-refractivity contribution in [1.29, 1.82) is 0 Å². The largest absolute Gasteiger partial charge is 0.381 e. The number of carbonyl (C=O) groups excluding carboxylic acids is 2. The number of urea groups is 1. The Kier molecular flexibility index (Phi) is 3.81. The van der Waals surface area contributed by atoms with Crippen LogP contribution in [0.5, 0.6) is 0 Å². The van der Waals surface area contributed by atoms with E-state index in [1.165, 1.54) is 16.2 Å². The molecule has 1 spiro atoms. The van der Waals surface area contributed by atoms with Gasteiger partial charge < -0.3 is 15.4 Å². The lowest BCUT2D eigenvalue weighted by Crippen LogP contribution is -2.50. The zero-order valence-electron chi connectivity index (χ0n) is 11.8. The molecular formula is C13H18N4O3S. The van der Waals surface area contributed by atoms with Crippen LogP contribution in [0.2, 0.25) is 0 Å². The number of imide groups is 1. The summed E-state index contributed by atoms with van der Waals surface area (Å²) in [5.74, 6) is -0.144. The van der Waals surface area contributed by atoms with Gasteiger partial charge >= 0.3 is 6.03 Å². The highest BCUT2D eigenvalue weighted by atomic mass is 32.1. The lowest BCUT2D eigenvalue weighted by Gasteiger charge is -2.30. The zero-order chi connectivity index (χ0) is 14.9. The highest BCUT2D eigenvalue weighted by molar-refractivity contribution is 7.15. The molecular weight excluding hydrogens is 292 g/mol. The maximum Gasteiger partial charge on any atom is 0.325 e. The molecule has 2 saturated heterocycles. The Balaban J connectivity index is 1.72. The van der Waals surface area contributed by atoms with E-state index in [0.717, 1.165) is 16.6 Å². The summed E-state index contributed by atoms with van der Waals surface area (Å²) in [6.07, 6.45) is 2.79. The van der Waals surface area contributed by atoms with Crippen LogP contribution in [0.25, 0.3) is 0 Å². The normalized spacial score (nSPS) is 20.9. The van der Waals surface area contributed by atoms with Gasteiger partial charge in [-0.25, -0.2) is 9.78 Å². The number of aromatic nitrogens is 1. The fourth-order valence-corrected chi connectivity index (χ4v) is 3.52. The second-order valence-electron chi connectivity index (χ2n) is 5.18. The summed E-state index contributed by atoms with van der Waals surface area (Å²) in [4.78, 5) is 31.1. The molecule has 21 heavy (non-hydrogen) atoms. The first kappa shape index (κ1) is 14.3. The lowest BCUT2D eigenvalue weighted by molar-refractivity contribution is -0.134. The van der Waals surface area contributed by atoms with Crippen molar-refractivity contribution >= 4 is 28.4 Å². The molecule has 3 heterocycles. The van der Waals surface area contributed by atoms with Crippen molar-refractivity contribution in [3.05, 3.63) is 11.1 Å². The quantitative estimate of drug-likeness (QED) is 0.816. The second kappa shape index (κ2) is 5.61. The highest BCUT2D eigenvalue weighted by Crippen LogP contribution is 2.30. The third-order valence-electron chi connectivity index (χ3n) is 3.79. The fourth-order valence-electron chi connectivity index (χ4n) is 2.65. The molecule has 0 saturated carbocycles. The van der Waals surface area contributed by atoms with Crippen LogP contribution < -0.4 is 10.6 Å². The van der Waals surface area contributed by atoms with Gasteiger partial charge in [0.25, 0.3) is 5.91 Å².